The zero-order valence-corrected chi connectivity index (χ0v) is 17.9. The molecule has 1 fully saturated rings. The van der Waals surface area contributed by atoms with Gasteiger partial charge in [-0.15, -0.1) is 10.2 Å². The molecule has 7 nitrogen and oxygen atoms in total. The van der Waals surface area contributed by atoms with E-state index in [4.69, 9.17) is 0 Å². The van der Waals surface area contributed by atoms with Gasteiger partial charge in [0.15, 0.2) is 0 Å². The van der Waals surface area contributed by atoms with Crippen LogP contribution in [-0.2, 0) is 24.1 Å². The fraction of sp³-hybridized carbons (Fsp3) is 0.455. The van der Waals surface area contributed by atoms with Gasteiger partial charge in [-0.05, 0) is 62.8 Å². The fourth-order valence-electron chi connectivity index (χ4n) is 3.96. The maximum absolute atomic E-state index is 12.2. The molecule has 30 heavy (non-hydrogen) atoms. The summed E-state index contributed by atoms with van der Waals surface area (Å²) in [7, 11) is 0. The number of carbonyl (C=O) groups is 1. The van der Waals surface area contributed by atoms with Crippen LogP contribution in [0.2, 0.25) is 0 Å². The SMILES string of the molecule is CCNc1nnc([C@@H]2CC[C@H](Cc3ccc(CC(=O)Cc4ccccn4)nn3)C2)s1. The third-order valence-electron chi connectivity index (χ3n) is 5.41. The smallest absolute Gasteiger partial charge is 0.205 e. The van der Waals surface area contributed by atoms with Crippen molar-refractivity contribution in [3.05, 3.63) is 58.6 Å². The van der Waals surface area contributed by atoms with Gasteiger partial charge in [0.2, 0.25) is 5.13 Å². The predicted octanol–water partition coefficient (Wildman–Crippen LogP) is 3.64. The Kier molecular flexibility index (Phi) is 6.74. The highest BCUT2D eigenvalue weighted by molar-refractivity contribution is 7.15. The third-order valence-corrected chi connectivity index (χ3v) is 6.46. The molecule has 0 aromatic carbocycles. The molecule has 3 heterocycles. The molecule has 2 atom stereocenters. The van der Waals surface area contributed by atoms with Crippen LogP contribution < -0.4 is 5.32 Å². The molecule has 0 aliphatic heterocycles. The molecule has 0 radical (unpaired) electrons. The van der Waals surface area contributed by atoms with E-state index >= 15 is 0 Å². The number of pyridine rings is 1. The van der Waals surface area contributed by atoms with E-state index in [0.29, 0.717) is 30.4 Å². The number of carbonyl (C=O) groups excluding carboxylic acids is 1. The minimum Gasteiger partial charge on any atom is -0.360 e. The minimum atomic E-state index is 0.100. The van der Waals surface area contributed by atoms with Crippen molar-refractivity contribution < 1.29 is 4.79 Å². The van der Waals surface area contributed by atoms with Gasteiger partial charge in [0.25, 0.3) is 0 Å². The molecule has 3 aromatic heterocycles. The highest BCUT2D eigenvalue weighted by atomic mass is 32.1. The number of hydrogen-bond donors (Lipinski definition) is 1. The Labute approximate surface area is 180 Å². The molecule has 0 saturated heterocycles. The summed E-state index contributed by atoms with van der Waals surface area (Å²) >= 11 is 1.67. The summed E-state index contributed by atoms with van der Waals surface area (Å²) < 4.78 is 0. The van der Waals surface area contributed by atoms with E-state index in [1.165, 1.54) is 6.42 Å². The zero-order valence-electron chi connectivity index (χ0n) is 17.1. The summed E-state index contributed by atoms with van der Waals surface area (Å²) in [6.07, 6.45) is 6.69. The third kappa shape index (κ3) is 5.44. The monoisotopic (exact) mass is 422 g/mol. The lowest BCUT2D eigenvalue weighted by atomic mass is 9.99. The van der Waals surface area contributed by atoms with Gasteiger partial charge in [0, 0.05) is 30.8 Å². The first-order valence-corrected chi connectivity index (χ1v) is 11.3. The summed E-state index contributed by atoms with van der Waals surface area (Å²) in [5.74, 6) is 1.19. The van der Waals surface area contributed by atoms with Crippen LogP contribution in [0.3, 0.4) is 0 Å². The second kappa shape index (κ2) is 9.84. The van der Waals surface area contributed by atoms with Crippen molar-refractivity contribution in [2.24, 2.45) is 5.92 Å². The Balaban J connectivity index is 1.27. The minimum absolute atomic E-state index is 0.100. The van der Waals surface area contributed by atoms with Crippen LogP contribution >= 0.6 is 11.3 Å². The quantitative estimate of drug-likeness (QED) is 0.563. The van der Waals surface area contributed by atoms with Gasteiger partial charge in [-0.1, -0.05) is 17.4 Å². The number of nitrogens with zero attached hydrogens (tertiary/aromatic N) is 5. The number of Topliss-reactive ketones (excluding diaryl/α,β-unsaturated/α-hetero) is 1. The number of hydrogen-bond acceptors (Lipinski definition) is 8. The standard InChI is InChI=1S/C22H26N6OS/c1-2-23-22-28-27-21(30-22)16-7-6-15(11-16)12-18-8-9-19(26-25-18)14-20(29)13-17-5-3-4-10-24-17/h3-5,8-10,15-16H,2,6-7,11-14H2,1H3,(H,23,28)/t15-,16+/m0/s1. The van der Waals surface area contributed by atoms with Crippen LogP contribution in [-0.4, -0.2) is 37.7 Å². The normalized spacial score (nSPS) is 18.4. The molecule has 0 unspecified atom stereocenters. The van der Waals surface area contributed by atoms with Crippen LogP contribution in [0, 0.1) is 5.92 Å². The number of nitrogens with one attached hydrogen (secondary N) is 1. The van der Waals surface area contributed by atoms with Gasteiger partial charge in [0.1, 0.15) is 10.8 Å². The molecule has 4 rings (SSSR count). The van der Waals surface area contributed by atoms with Gasteiger partial charge in [-0.2, -0.15) is 10.2 Å². The zero-order chi connectivity index (χ0) is 20.8. The van der Waals surface area contributed by atoms with Gasteiger partial charge in [-0.3, -0.25) is 9.78 Å². The van der Waals surface area contributed by atoms with Crippen LogP contribution in [0.25, 0.3) is 0 Å². The first-order valence-electron chi connectivity index (χ1n) is 10.5. The maximum Gasteiger partial charge on any atom is 0.205 e. The van der Waals surface area contributed by atoms with Crippen molar-refractivity contribution in [1.29, 1.82) is 0 Å². The average Bonchev–Trinajstić information content (AvgIpc) is 3.40. The van der Waals surface area contributed by atoms with Crippen LogP contribution in [0.4, 0.5) is 5.13 Å². The molecule has 3 aromatic rings. The molecule has 0 amide bonds. The highest BCUT2D eigenvalue weighted by Crippen LogP contribution is 2.41. The van der Waals surface area contributed by atoms with Gasteiger partial charge in [0.05, 0.1) is 17.8 Å². The molecular formula is C22H26N6OS. The van der Waals surface area contributed by atoms with Crippen molar-refractivity contribution >= 4 is 22.3 Å². The second-order valence-electron chi connectivity index (χ2n) is 7.79. The number of aromatic nitrogens is 5. The molecule has 8 heteroatoms. The Bertz CT molecular complexity index is 959. The maximum atomic E-state index is 12.2. The second-order valence-corrected chi connectivity index (χ2v) is 8.79. The summed E-state index contributed by atoms with van der Waals surface area (Å²) in [4.78, 5) is 16.4. The van der Waals surface area contributed by atoms with Gasteiger partial charge in [-0.25, -0.2) is 0 Å². The fourth-order valence-corrected chi connectivity index (χ4v) is 4.92. The summed E-state index contributed by atoms with van der Waals surface area (Å²) in [6.45, 7) is 2.93. The molecule has 1 aliphatic carbocycles. The lowest BCUT2D eigenvalue weighted by Crippen LogP contribution is -2.10. The van der Waals surface area contributed by atoms with Crippen LogP contribution in [0.5, 0.6) is 0 Å². The lowest BCUT2D eigenvalue weighted by molar-refractivity contribution is -0.117. The van der Waals surface area contributed by atoms with E-state index in [0.717, 1.165) is 47.3 Å². The largest absolute Gasteiger partial charge is 0.360 e. The van der Waals surface area contributed by atoms with E-state index in [9.17, 15) is 4.79 Å². The van der Waals surface area contributed by atoms with Crippen molar-refractivity contribution in [2.75, 3.05) is 11.9 Å². The lowest BCUT2D eigenvalue weighted by Gasteiger charge is -2.09. The Morgan fingerprint density at radius 1 is 1.03 bits per heavy atom. The molecule has 156 valence electrons. The predicted molar refractivity (Wildman–Crippen MR) is 117 cm³/mol. The first-order chi connectivity index (χ1) is 14.7. The Hall–Kier alpha value is -2.74. The summed E-state index contributed by atoms with van der Waals surface area (Å²) in [5, 5.41) is 22.5. The molecule has 1 aliphatic rings. The van der Waals surface area contributed by atoms with Crippen molar-refractivity contribution in [1.82, 2.24) is 25.4 Å². The summed E-state index contributed by atoms with van der Waals surface area (Å²) in [6, 6.07) is 9.55. The van der Waals surface area contributed by atoms with Gasteiger partial charge < -0.3 is 5.32 Å². The van der Waals surface area contributed by atoms with Crippen LogP contribution in [0.15, 0.2) is 36.5 Å². The molecule has 0 spiro atoms. The topological polar surface area (TPSA) is 93.6 Å². The number of ketones is 1. The van der Waals surface area contributed by atoms with E-state index < -0.39 is 0 Å². The Morgan fingerprint density at radius 3 is 2.63 bits per heavy atom. The van der Waals surface area contributed by atoms with Gasteiger partial charge >= 0.3 is 0 Å². The average molecular weight is 423 g/mol. The molecule has 1 N–H and O–H groups in total. The number of anilines is 1. The molecule has 1 saturated carbocycles. The van der Waals surface area contributed by atoms with Crippen LogP contribution in [0.1, 0.15) is 54.2 Å². The Morgan fingerprint density at radius 2 is 1.87 bits per heavy atom. The molecule has 0 bridgehead atoms. The van der Waals surface area contributed by atoms with E-state index in [1.807, 2.05) is 30.3 Å². The summed E-state index contributed by atoms with van der Waals surface area (Å²) in [5.41, 5.74) is 2.50. The highest BCUT2D eigenvalue weighted by Gasteiger charge is 2.29. The van der Waals surface area contributed by atoms with E-state index in [2.05, 4.69) is 37.6 Å². The van der Waals surface area contributed by atoms with Crippen molar-refractivity contribution in [2.45, 2.75) is 51.4 Å². The first kappa shape index (κ1) is 20.5. The molecular weight excluding hydrogens is 396 g/mol. The number of rotatable bonds is 9. The van der Waals surface area contributed by atoms with Crippen molar-refractivity contribution in [3.63, 3.8) is 0 Å². The van der Waals surface area contributed by atoms with E-state index in [1.54, 1.807) is 17.5 Å². The van der Waals surface area contributed by atoms with E-state index in [-0.39, 0.29) is 5.78 Å². The van der Waals surface area contributed by atoms with Crippen molar-refractivity contribution in [3.8, 4) is 0 Å².